The lowest BCUT2D eigenvalue weighted by Crippen LogP contribution is -2.19. The number of methoxy groups -OCH3 is 1. The summed E-state index contributed by atoms with van der Waals surface area (Å²) < 4.78 is 6.16. The fourth-order valence-corrected chi connectivity index (χ4v) is 2.67. The Balaban J connectivity index is 2.25. The Morgan fingerprint density at radius 3 is 3.00 bits per heavy atom. The molecule has 0 spiro atoms. The van der Waals surface area contributed by atoms with Gasteiger partial charge in [-0.2, -0.15) is 0 Å². The normalized spacial score (nSPS) is 13.1. The van der Waals surface area contributed by atoms with Gasteiger partial charge < -0.3 is 10.1 Å². The summed E-state index contributed by atoms with van der Waals surface area (Å²) in [5.41, 5.74) is 0. The summed E-state index contributed by atoms with van der Waals surface area (Å²) in [6, 6.07) is 2.60. The number of hydrogen-bond acceptors (Lipinski definition) is 3. The number of ether oxygens (including phenoxy) is 1. The van der Waals surface area contributed by atoms with Crippen molar-refractivity contribution < 1.29 is 4.74 Å². The molecule has 0 radical (unpaired) electrons. The number of hydrogen-bond donors (Lipinski definition) is 1. The molecule has 14 heavy (non-hydrogen) atoms. The van der Waals surface area contributed by atoms with Gasteiger partial charge in [0.2, 0.25) is 0 Å². The van der Waals surface area contributed by atoms with E-state index < -0.39 is 0 Å². The van der Waals surface area contributed by atoms with Crippen LogP contribution >= 0.6 is 27.3 Å². The van der Waals surface area contributed by atoms with Gasteiger partial charge in [0.1, 0.15) is 0 Å². The Morgan fingerprint density at radius 1 is 1.64 bits per heavy atom. The maximum absolute atomic E-state index is 4.99. The van der Waals surface area contributed by atoms with Crippen LogP contribution in [0.15, 0.2) is 15.9 Å². The third kappa shape index (κ3) is 4.09. The van der Waals surface area contributed by atoms with Crippen molar-refractivity contribution in [2.24, 2.45) is 0 Å². The number of rotatable bonds is 6. The van der Waals surface area contributed by atoms with Crippen molar-refractivity contribution >= 4 is 27.3 Å². The standard InChI is InChI=1S/C10H16BrNOS/c1-8(12-4-3-5-13-2)10-6-9(11)7-14-10/h6-8,12H,3-5H2,1-2H3. The maximum Gasteiger partial charge on any atom is 0.0474 e. The van der Waals surface area contributed by atoms with E-state index in [9.17, 15) is 0 Å². The summed E-state index contributed by atoms with van der Waals surface area (Å²) in [4.78, 5) is 1.37. The zero-order chi connectivity index (χ0) is 10.4. The molecule has 0 saturated carbocycles. The Labute approximate surface area is 97.8 Å². The van der Waals surface area contributed by atoms with Crippen LogP contribution in [0.5, 0.6) is 0 Å². The molecule has 0 aliphatic rings. The highest BCUT2D eigenvalue weighted by Crippen LogP contribution is 2.25. The molecule has 0 bridgehead atoms. The second-order valence-corrected chi connectivity index (χ2v) is 5.05. The molecule has 4 heteroatoms. The Hall–Kier alpha value is 0.1000. The Morgan fingerprint density at radius 2 is 2.43 bits per heavy atom. The molecule has 1 aromatic rings. The van der Waals surface area contributed by atoms with Crippen LogP contribution in [0.4, 0.5) is 0 Å². The predicted molar refractivity (Wildman–Crippen MR) is 64.9 cm³/mol. The molecule has 1 aromatic heterocycles. The minimum Gasteiger partial charge on any atom is -0.385 e. The van der Waals surface area contributed by atoms with Crippen LogP contribution in [0, 0.1) is 0 Å². The molecule has 1 atom stereocenters. The lowest BCUT2D eigenvalue weighted by molar-refractivity contribution is 0.193. The zero-order valence-electron chi connectivity index (χ0n) is 8.55. The summed E-state index contributed by atoms with van der Waals surface area (Å²) in [6.45, 7) is 4.02. The second-order valence-electron chi connectivity index (χ2n) is 3.19. The molecule has 1 heterocycles. The lowest BCUT2D eigenvalue weighted by atomic mass is 10.2. The molecule has 0 aliphatic carbocycles. The maximum atomic E-state index is 4.99. The number of halogens is 1. The Kier molecular flexibility index (Phi) is 5.70. The minimum absolute atomic E-state index is 0.433. The molecular weight excluding hydrogens is 262 g/mol. The van der Waals surface area contributed by atoms with Crippen molar-refractivity contribution in [1.82, 2.24) is 5.32 Å². The van der Waals surface area contributed by atoms with Crippen LogP contribution < -0.4 is 5.32 Å². The molecule has 2 nitrogen and oxygen atoms in total. The largest absolute Gasteiger partial charge is 0.385 e. The molecule has 0 saturated heterocycles. The number of thiophene rings is 1. The van der Waals surface area contributed by atoms with E-state index in [2.05, 4.69) is 39.6 Å². The smallest absolute Gasteiger partial charge is 0.0474 e. The van der Waals surface area contributed by atoms with Gasteiger partial charge in [-0.1, -0.05) is 0 Å². The van der Waals surface area contributed by atoms with E-state index in [0.29, 0.717) is 6.04 Å². The van der Waals surface area contributed by atoms with E-state index in [1.165, 1.54) is 9.35 Å². The summed E-state index contributed by atoms with van der Waals surface area (Å²) in [7, 11) is 1.74. The quantitative estimate of drug-likeness (QED) is 0.807. The van der Waals surface area contributed by atoms with Crippen molar-refractivity contribution in [2.75, 3.05) is 20.3 Å². The highest BCUT2D eigenvalue weighted by atomic mass is 79.9. The molecule has 0 amide bonds. The van der Waals surface area contributed by atoms with Crippen molar-refractivity contribution in [3.8, 4) is 0 Å². The first-order valence-corrected chi connectivity index (χ1v) is 6.37. The van der Waals surface area contributed by atoms with Gasteiger partial charge >= 0.3 is 0 Å². The summed E-state index contributed by atoms with van der Waals surface area (Å²) >= 11 is 5.24. The van der Waals surface area contributed by atoms with Gasteiger partial charge in [-0.3, -0.25) is 0 Å². The lowest BCUT2D eigenvalue weighted by Gasteiger charge is -2.11. The first-order chi connectivity index (χ1) is 6.74. The third-order valence-electron chi connectivity index (χ3n) is 1.99. The van der Waals surface area contributed by atoms with Crippen LogP contribution in [0.3, 0.4) is 0 Å². The fourth-order valence-electron chi connectivity index (χ4n) is 1.19. The van der Waals surface area contributed by atoms with Crippen molar-refractivity contribution in [2.45, 2.75) is 19.4 Å². The average Bonchev–Trinajstić information content (AvgIpc) is 2.59. The molecule has 80 valence electrons. The molecule has 1 rings (SSSR count). The molecule has 1 N–H and O–H groups in total. The van der Waals surface area contributed by atoms with Gasteiger partial charge in [-0.25, -0.2) is 0 Å². The van der Waals surface area contributed by atoms with Crippen molar-refractivity contribution in [3.63, 3.8) is 0 Å². The molecule has 0 fully saturated rings. The molecule has 0 aromatic carbocycles. The summed E-state index contributed by atoms with van der Waals surface area (Å²) in [6.07, 6.45) is 1.06. The number of nitrogens with one attached hydrogen (secondary N) is 1. The van der Waals surface area contributed by atoms with E-state index in [0.717, 1.165) is 19.6 Å². The van der Waals surface area contributed by atoms with Gasteiger partial charge in [0.25, 0.3) is 0 Å². The molecular formula is C10H16BrNOS. The first kappa shape index (κ1) is 12.2. The SMILES string of the molecule is COCCCNC(C)c1cc(Br)cs1. The first-order valence-electron chi connectivity index (χ1n) is 4.70. The van der Waals surface area contributed by atoms with Gasteiger partial charge in [-0.15, -0.1) is 11.3 Å². The van der Waals surface area contributed by atoms with Crippen LogP contribution in [0.1, 0.15) is 24.3 Å². The zero-order valence-corrected chi connectivity index (χ0v) is 11.0. The highest BCUT2D eigenvalue weighted by Gasteiger charge is 2.06. The molecule has 0 aliphatic heterocycles. The predicted octanol–water partition coefficient (Wildman–Crippen LogP) is 3.20. The van der Waals surface area contributed by atoms with Crippen LogP contribution in [-0.4, -0.2) is 20.3 Å². The highest BCUT2D eigenvalue weighted by molar-refractivity contribution is 9.10. The van der Waals surface area contributed by atoms with Crippen LogP contribution in [0.25, 0.3) is 0 Å². The Bertz CT molecular complexity index is 264. The second kappa shape index (κ2) is 6.56. The monoisotopic (exact) mass is 277 g/mol. The van der Waals surface area contributed by atoms with E-state index in [1.807, 2.05) is 0 Å². The van der Waals surface area contributed by atoms with Gasteiger partial charge in [0.15, 0.2) is 0 Å². The van der Waals surface area contributed by atoms with E-state index in [1.54, 1.807) is 18.4 Å². The van der Waals surface area contributed by atoms with Crippen molar-refractivity contribution in [3.05, 3.63) is 20.8 Å². The van der Waals surface area contributed by atoms with Gasteiger partial charge in [0, 0.05) is 34.5 Å². The third-order valence-corrected chi connectivity index (χ3v) is 3.87. The van der Waals surface area contributed by atoms with Gasteiger partial charge in [0.05, 0.1) is 0 Å². The van der Waals surface area contributed by atoms with Crippen LogP contribution in [0.2, 0.25) is 0 Å². The minimum atomic E-state index is 0.433. The van der Waals surface area contributed by atoms with E-state index in [4.69, 9.17) is 4.74 Å². The molecule has 1 unspecified atom stereocenters. The fraction of sp³-hybridized carbons (Fsp3) is 0.600. The van der Waals surface area contributed by atoms with E-state index in [-0.39, 0.29) is 0 Å². The van der Waals surface area contributed by atoms with Gasteiger partial charge in [-0.05, 0) is 41.9 Å². The van der Waals surface area contributed by atoms with E-state index >= 15 is 0 Å². The average molecular weight is 278 g/mol. The summed E-state index contributed by atoms with van der Waals surface area (Å²) in [5, 5.41) is 5.57. The topological polar surface area (TPSA) is 21.3 Å². The van der Waals surface area contributed by atoms with Crippen LogP contribution in [-0.2, 0) is 4.74 Å². The van der Waals surface area contributed by atoms with Crippen molar-refractivity contribution in [1.29, 1.82) is 0 Å². The summed E-state index contributed by atoms with van der Waals surface area (Å²) in [5.74, 6) is 0.